The van der Waals surface area contributed by atoms with E-state index in [9.17, 15) is 10.1 Å². The number of pyridine rings is 1. The van der Waals surface area contributed by atoms with E-state index in [1.165, 1.54) is 6.42 Å². The monoisotopic (exact) mass is 373 g/mol. The van der Waals surface area contributed by atoms with E-state index in [4.69, 9.17) is 4.98 Å². The van der Waals surface area contributed by atoms with Crippen molar-refractivity contribution in [3.05, 3.63) is 46.8 Å². The van der Waals surface area contributed by atoms with Crippen molar-refractivity contribution in [3.63, 3.8) is 0 Å². The fourth-order valence-corrected chi connectivity index (χ4v) is 4.24. The van der Waals surface area contributed by atoms with E-state index in [0.717, 1.165) is 19.3 Å². The highest BCUT2D eigenvalue weighted by Crippen LogP contribution is 2.34. The van der Waals surface area contributed by atoms with Gasteiger partial charge in [0.2, 0.25) is 0 Å². The molecule has 1 aliphatic rings. The van der Waals surface area contributed by atoms with Crippen LogP contribution < -0.4 is 5.69 Å². The van der Waals surface area contributed by atoms with E-state index in [-0.39, 0.29) is 11.7 Å². The predicted molar refractivity (Wildman–Crippen MR) is 104 cm³/mol. The fraction of sp³-hybridized carbons (Fsp3) is 0.350. The third kappa shape index (κ3) is 2.51. The highest BCUT2D eigenvalue weighted by Gasteiger charge is 2.27. The maximum atomic E-state index is 12.7. The summed E-state index contributed by atoms with van der Waals surface area (Å²) < 4.78 is 3.60. The van der Waals surface area contributed by atoms with Crippen molar-refractivity contribution in [2.24, 2.45) is 5.92 Å². The molecular formula is C20H19N7O. The smallest absolute Gasteiger partial charge is 0.303 e. The Morgan fingerprint density at radius 3 is 2.89 bits per heavy atom. The largest absolute Gasteiger partial charge is 0.327 e. The van der Waals surface area contributed by atoms with Gasteiger partial charge in [0.1, 0.15) is 22.9 Å². The molecule has 1 fully saturated rings. The Labute approximate surface area is 160 Å². The van der Waals surface area contributed by atoms with Gasteiger partial charge in [0, 0.05) is 12.2 Å². The molecule has 8 heteroatoms. The molecule has 0 saturated heterocycles. The molecule has 8 nitrogen and oxygen atoms in total. The molecule has 1 N–H and O–H groups in total. The van der Waals surface area contributed by atoms with Crippen molar-refractivity contribution in [2.75, 3.05) is 0 Å². The summed E-state index contributed by atoms with van der Waals surface area (Å²) in [5.41, 5.74) is 3.06. The second-order valence-corrected chi connectivity index (χ2v) is 7.46. The first-order valence-electron chi connectivity index (χ1n) is 9.50. The first-order valence-corrected chi connectivity index (χ1v) is 9.50. The zero-order chi connectivity index (χ0) is 19.3. The van der Waals surface area contributed by atoms with Crippen molar-refractivity contribution in [3.8, 4) is 17.6 Å². The minimum Gasteiger partial charge on any atom is -0.303 e. The van der Waals surface area contributed by atoms with Gasteiger partial charge in [0.25, 0.3) is 0 Å². The zero-order valence-electron chi connectivity index (χ0n) is 15.5. The van der Waals surface area contributed by atoms with Gasteiger partial charge in [0.15, 0.2) is 11.5 Å². The van der Waals surface area contributed by atoms with Gasteiger partial charge < -0.3 is 4.98 Å². The minimum atomic E-state index is -0.134. The number of aromatic nitrogens is 6. The van der Waals surface area contributed by atoms with E-state index in [1.807, 2.05) is 0 Å². The molecule has 28 heavy (non-hydrogen) atoms. The van der Waals surface area contributed by atoms with Crippen molar-refractivity contribution in [2.45, 2.75) is 38.6 Å². The Balaban J connectivity index is 1.69. The average Bonchev–Trinajstić information content (AvgIpc) is 3.27. The summed E-state index contributed by atoms with van der Waals surface area (Å²) in [5.74, 6) is 0.907. The lowest BCUT2D eigenvalue weighted by Crippen LogP contribution is -2.29. The summed E-state index contributed by atoms with van der Waals surface area (Å²) in [6.07, 6.45) is 9.49. The normalized spacial score (nSPS) is 19.9. The van der Waals surface area contributed by atoms with Crippen LogP contribution >= 0.6 is 0 Å². The van der Waals surface area contributed by atoms with Crippen molar-refractivity contribution >= 4 is 16.8 Å². The van der Waals surface area contributed by atoms with E-state index in [1.54, 1.807) is 39.7 Å². The summed E-state index contributed by atoms with van der Waals surface area (Å²) in [5, 5.41) is 9.19. The number of rotatable bonds is 2. The third-order valence-electron chi connectivity index (χ3n) is 5.72. The Hall–Kier alpha value is -3.47. The maximum Gasteiger partial charge on any atom is 0.327 e. The number of nitrogens with one attached hydrogen (secondary N) is 1. The maximum absolute atomic E-state index is 12.7. The van der Waals surface area contributed by atoms with Gasteiger partial charge in [-0.1, -0.05) is 19.8 Å². The number of nitriles is 1. The first kappa shape index (κ1) is 16.7. The number of aromatic amines is 1. The molecule has 1 saturated carbocycles. The molecule has 140 valence electrons. The third-order valence-corrected chi connectivity index (χ3v) is 5.72. The molecule has 5 rings (SSSR count). The van der Waals surface area contributed by atoms with Crippen LogP contribution in [0, 0.1) is 17.2 Å². The second kappa shape index (κ2) is 6.30. The second-order valence-electron chi connectivity index (χ2n) is 7.46. The summed E-state index contributed by atoms with van der Waals surface area (Å²) >= 11 is 0. The molecule has 1 aliphatic carbocycles. The summed E-state index contributed by atoms with van der Waals surface area (Å²) in [6.45, 7) is 2.20. The van der Waals surface area contributed by atoms with E-state index in [0.29, 0.717) is 39.8 Å². The Morgan fingerprint density at radius 2 is 2.07 bits per heavy atom. The van der Waals surface area contributed by atoms with Crippen LogP contribution in [0.3, 0.4) is 0 Å². The van der Waals surface area contributed by atoms with Crippen LogP contribution in [0.2, 0.25) is 0 Å². The van der Waals surface area contributed by atoms with Crippen molar-refractivity contribution in [1.82, 2.24) is 28.9 Å². The van der Waals surface area contributed by atoms with Crippen molar-refractivity contribution < 1.29 is 0 Å². The van der Waals surface area contributed by atoms with E-state index >= 15 is 0 Å². The van der Waals surface area contributed by atoms with Crippen LogP contribution in [0.25, 0.3) is 28.3 Å². The number of H-pyrrole nitrogens is 1. The lowest BCUT2D eigenvalue weighted by atomic mass is 9.86. The summed E-state index contributed by atoms with van der Waals surface area (Å²) in [4.78, 5) is 29.1. The lowest BCUT2D eigenvalue weighted by molar-refractivity contribution is 0.257. The summed E-state index contributed by atoms with van der Waals surface area (Å²) in [6, 6.07) is 5.80. The van der Waals surface area contributed by atoms with Crippen LogP contribution in [-0.2, 0) is 0 Å². The summed E-state index contributed by atoms with van der Waals surface area (Å²) in [7, 11) is 0. The van der Waals surface area contributed by atoms with Gasteiger partial charge in [0.05, 0.1) is 18.0 Å². The molecule has 4 heterocycles. The number of nitrogens with zero attached hydrogens (tertiary/aromatic N) is 6. The van der Waals surface area contributed by atoms with Crippen LogP contribution in [0.4, 0.5) is 0 Å². The molecule has 0 amide bonds. The topological polar surface area (TPSA) is 105 Å². The van der Waals surface area contributed by atoms with Crippen LogP contribution in [0.1, 0.15) is 44.2 Å². The van der Waals surface area contributed by atoms with Gasteiger partial charge in [-0.3, -0.25) is 8.97 Å². The van der Waals surface area contributed by atoms with Gasteiger partial charge in [-0.05, 0) is 30.9 Å². The molecule has 0 aliphatic heterocycles. The molecule has 4 aromatic heterocycles. The van der Waals surface area contributed by atoms with Crippen molar-refractivity contribution in [1.29, 1.82) is 5.26 Å². The highest BCUT2D eigenvalue weighted by molar-refractivity contribution is 5.72. The van der Waals surface area contributed by atoms with Gasteiger partial charge in [-0.25, -0.2) is 19.7 Å². The Kier molecular flexibility index (Phi) is 3.76. The first-order chi connectivity index (χ1) is 13.7. The number of fused-ring (bicyclic) bond motifs is 2. The number of hydrogen-bond acceptors (Lipinski definition) is 5. The van der Waals surface area contributed by atoms with E-state index < -0.39 is 0 Å². The standard InChI is InChI=1S/C20H19N7O/c1-12-4-2-3-5-15(12)27-19-14(24-20(27)28)9-23-18(25-19)16-10-22-17-7-6-13(8-21)11-26(16)17/h6-7,9-12,15H,2-5H2,1H3,(H,24,28). The van der Waals surface area contributed by atoms with Gasteiger partial charge >= 0.3 is 5.69 Å². The quantitative estimate of drug-likeness (QED) is 0.581. The molecule has 0 radical (unpaired) electrons. The van der Waals surface area contributed by atoms with Crippen LogP contribution in [-0.4, -0.2) is 28.9 Å². The molecule has 0 spiro atoms. The minimum absolute atomic E-state index is 0.134. The lowest BCUT2D eigenvalue weighted by Gasteiger charge is -2.29. The Bertz CT molecular complexity index is 1290. The zero-order valence-corrected chi connectivity index (χ0v) is 15.5. The molecule has 4 aromatic rings. The number of imidazole rings is 2. The number of hydrogen-bond donors (Lipinski definition) is 1. The van der Waals surface area contributed by atoms with E-state index in [2.05, 4.69) is 27.9 Å². The Morgan fingerprint density at radius 1 is 1.21 bits per heavy atom. The van der Waals surface area contributed by atoms with Gasteiger partial charge in [-0.15, -0.1) is 0 Å². The predicted octanol–water partition coefficient (Wildman–Crippen LogP) is 3.06. The molecule has 2 atom stereocenters. The highest BCUT2D eigenvalue weighted by atomic mass is 16.1. The molecule has 2 unspecified atom stereocenters. The SMILES string of the molecule is CC1CCCCC1n1c(=O)[nH]c2cnc(-c3cnc4ccc(C#N)cn34)nc21. The van der Waals surface area contributed by atoms with Crippen LogP contribution in [0.5, 0.6) is 0 Å². The molecular weight excluding hydrogens is 354 g/mol. The van der Waals surface area contributed by atoms with Gasteiger partial charge in [-0.2, -0.15) is 5.26 Å². The molecule has 0 bridgehead atoms. The molecule has 0 aromatic carbocycles. The van der Waals surface area contributed by atoms with Crippen LogP contribution in [0.15, 0.2) is 35.5 Å². The average molecular weight is 373 g/mol. The fourth-order valence-electron chi connectivity index (χ4n) is 4.24.